The zero-order valence-corrected chi connectivity index (χ0v) is 17.6. The Bertz CT molecular complexity index is 1040. The van der Waals surface area contributed by atoms with Crippen LogP contribution in [-0.4, -0.2) is 12.9 Å². The van der Waals surface area contributed by atoms with Crippen molar-refractivity contribution in [2.75, 3.05) is 7.11 Å². The molecule has 0 heterocycles. The molecular weight excluding hydrogens is 407 g/mol. The second-order valence-corrected chi connectivity index (χ2v) is 7.32. The topological polar surface area (TPSA) is 35.5 Å². The van der Waals surface area contributed by atoms with Crippen LogP contribution in [0.3, 0.4) is 0 Å². The zero-order valence-electron chi connectivity index (χ0n) is 16.1. The number of halogens is 2. The van der Waals surface area contributed by atoms with Gasteiger partial charge in [0.1, 0.15) is 18.1 Å². The summed E-state index contributed by atoms with van der Waals surface area (Å²) in [7, 11) is 1.62. The Morgan fingerprint density at radius 3 is 2.45 bits per heavy atom. The van der Waals surface area contributed by atoms with Crippen molar-refractivity contribution in [2.45, 2.75) is 13.5 Å². The molecule has 0 aliphatic rings. The van der Waals surface area contributed by atoms with Crippen LogP contribution in [0.4, 0.5) is 0 Å². The first-order chi connectivity index (χ1) is 14.0. The number of allylic oxidation sites excluding steroid dienone is 1. The Hall–Kier alpha value is -2.75. The molecule has 0 atom stereocenters. The molecule has 148 valence electrons. The largest absolute Gasteiger partial charge is 0.496 e. The monoisotopic (exact) mass is 426 g/mol. The number of carbonyl (C=O) groups excluding carboxylic acids is 1. The van der Waals surface area contributed by atoms with Crippen LogP contribution in [0.25, 0.3) is 6.08 Å². The summed E-state index contributed by atoms with van der Waals surface area (Å²) in [5, 5.41) is 1.30. The lowest BCUT2D eigenvalue weighted by molar-refractivity contribution is 0.104. The molecule has 0 saturated carbocycles. The number of rotatable bonds is 7. The third-order valence-electron chi connectivity index (χ3n) is 4.38. The molecule has 29 heavy (non-hydrogen) atoms. The summed E-state index contributed by atoms with van der Waals surface area (Å²) >= 11 is 11.9. The number of ether oxygens (including phenoxy) is 2. The van der Waals surface area contributed by atoms with E-state index in [1.807, 2.05) is 43.3 Å². The molecule has 0 aliphatic carbocycles. The van der Waals surface area contributed by atoms with Gasteiger partial charge in [-0.05, 0) is 78.7 Å². The van der Waals surface area contributed by atoms with Crippen LogP contribution in [0, 0.1) is 6.92 Å². The highest BCUT2D eigenvalue weighted by Gasteiger charge is 2.07. The number of hydrogen-bond donors (Lipinski definition) is 0. The van der Waals surface area contributed by atoms with Crippen molar-refractivity contribution in [3.63, 3.8) is 0 Å². The van der Waals surface area contributed by atoms with Crippen molar-refractivity contribution < 1.29 is 14.3 Å². The van der Waals surface area contributed by atoms with E-state index in [9.17, 15) is 4.79 Å². The number of ketones is 1. The predicted octanol–water partition coefficient (Wildman–Crippen LogP) is 6.79. The van der Waals surface area contributed by atoms with Crippen LogP contribution >= 0.6 is 23.2 Å². The van der Waals surface area contributed by atoms with Gasteiger partial charge in [0.25, 0.3) is 0 Å². The Labute approximate surface area is 180 Å². The maximum absolute atomic E-state index is 12.3. The van der Waals surface area contributed by atoms with Gasteiger partial charge in [-0.25, -0.2) is 0 Å². The van der Waals surface area contributed by atoms with Crippen LogP contribution in [0.2, 0.25) is 10.0 Å². The second kappa shape index (κ2) is 9.64. The van der Waals surface area contributed by atoms with Gasteiger partial charge in [-0.1, -0.05) is 35.3 Å². The van der Waals surface area contributed by atoms with Crippen molar-refractivity contribution in [3.8, 4) is 11.5 Å². The molecule has 3 rings (SSSR count). The van der Waals surface area contributed by atoms with E-state index in [4.69, 9.17) is 32.7 Å². The minimum absolute atomic E-state index is 0.0908. The van der Waals surface area contributed by atoms with Gasteiger partial charge in [0.05, 0.1) is 7.11 Å². The van der Waals surface area contributed by atoms with Gasteiger partial charge in [-0.2, -0.15) is 0 Å². The molecule has 0 radical (unpaired) electrons. The minimum atomic E-state index is -0.0908. The molecule has 0 fully saturated rings. The number of methoxy groups -OCH3 is 1. The summed E-state index contributed by atoms with van der Waals surface area (Å²) in [5.74, 6) is 1.36. The van der Waals surface area contributed by atoms with Gasteiger partial charge >= 0.3 is 0 Å². The van der Waals surface area contributed by atoms with Crippen molar-refractivity contribution in [1.29, 1.82) is 0 Å². The van der Waals surface area contributed by atoms with E-state index < -0.39 is 0 Å². The second-order valence-electron chi connectivity index (χ2n) is 6.48. The fraction of sp³-hybridized carbons (Fsp3) is 0.125. The molecule has 3 nitrogen and oxygen atoms in total. The van der Waals surface area contributed by atoms with E-state index in [2.05, 4.69) is 0 Å². The quantitative estimate of drug-likeness (QED) is 0.308. The maximum atomic E-state index is 12.3. The van der Waals surface area contributed by atoms with Crippen LogP contribution < -0.4 is 9.47 Å². The third-order valence-corrected chi connectivity index (χ3v) is 5.06. The summed E-state index contributed by atoms with van der Waals surface area (Å²) in [6, 6.07) is 18.0. The molecule has 0 spiro atoms. The summed E-state index contributed by atoms with van der Waals surface area (Å²) in [6.07, 6.45) is 3.31. The summed E-state index contributed by atoms with van der Waals surface area (Å²) in [6.45, 7) is 2.26. The Morgan fingerprint density at radius 1 is 1.00 bits per heavy atom. The summed E-state index contributed by atoms with van der Waals surface area (Å²) in [4.78, 5) is 12.3. The van der Waals surface area contributed by atoms with E-state index in [0.29, 0.717) is 22.2 Å². The lowest BCUT2D eigenvalue weighted by Crippen LogP contribution is -2.00. The van der Waals surface area contributed by atoms with Gasteiger partial charge in [0.15, 0.2) is 5.78 Å². The molecule has 0 bridgehead atoms. The van der Waals surface area contributed by atoms with Crippen LogP contribution in [0.5, 0.6) is 11.5 Å². The molecule has 0 saturated heterocycles. The summed E-state index contributed by atoms with van der Waals surface area (Å²) < 4.78 is 11.3. The van der Waals surface area contributed by atoms with E-state index in [1.54, 1.807) is 37.5 Å². The smallest absolute Gasteiger partial charge is 0.185 e. The third kappa shape index (κ3) is 5.63. The first kappa shape index (κ1) is 21.0. The van der Waals surface area contributed by atoms with Crippen molar-refractivity contribution in [1.82, 2.24) is 0 Å². The Morgan fingerprint density at radius 2 is 1.76 bits per heavy atom. The Kier molecular flexibility index (Phi) is 6.97. The van der Waals surface area contributed by atoms with Gasteiger partial charge in [-0.3, -0.25) is 4.79 Å². The number of hydrogen-bond acceptors (Lipinski definition) is 3. The lowest BCUT2D eigenvalue weighted by Gasteiger charge is -2.12. The zero-order chi connectivity index (χ0) is 20.8. The van der Waals surface area contributed by atoms with E-state index >= 15 is 0 Å². The van der Waals surface area contributed by atoms with Crippen molar-refractivity contribution in [3.05, 3.63) is 99.0 Å². The molecule has 0 amide bonds. The summed E-state index contributed by atoms with van der Waals surface area (Å²) in [5.41, 5.74) is 3.29. The highest BCUT2D eigenvalue weighted by atomic mass is 35.5. The predicted molar refractivity (Wildman–Crippen MR) is 118 cm³/mol. The fourth-order valence-electron chi connectivity index (χ4n) is 2.77. The molecule has 3 aromatic carbocycles. The van der Waals surface area contributed by atoms with E-state index in [-0.39, 0.29) is 5.78 Å². The highest BCUT2D eigenvalue weighted by molar-refractivity contribution is 6.31. The molecule has 0 unspecified atom stereocenters. The van der Waals surface area contributed by atoms with Gasteiger partial charge in [0.2, 0.25) is 0 Å². The molecule has 0 aliphatic heterocycles. The molecule has 3 aromatic rings. The number of aryl methyl sites for hydroxylation is 1. The molecule has 5 heteroatoms. The highest BCUT2D eigenvalue weighted by Crippen LogP contribution is 2.25. The van der Waals surface area contributed by atoms with Gasteiger partial charge in [0, 0.05) is 21.2 Å². The minimum Gasteiger partial charge on any atom is -0.496 e. The van der Waals surface area contributed by atoms with Crippen molar-refractivity contribution in [2.24, 2.45) is 0 Å². The maximum Gasteiger partial charge on any atom is 0.185 e. The number of benzene rings is 3. The average Bonchev–Trinajstić information content (AvgIpc) is 2.73. The fourth-order valence-corrected chi connectivity index (χ4v) is 3.01. The van der Waals surface area contributed by atoms with Crippen LogP contribution in [-0.2, 0) is 6.61 Å². The first-order valence-electron chi connectivity index (χ1n) is 9.00. The molecule has 0 N–H and O–H groups in total. The average molecular weight is 427 g/mol. The van der Waals surface area contributed by atoms with Gasteiger partial charge in [-0.15, -0.1) is 0 Å². The standard InChI is InChI=1S/C24H20Cl2O3/c1-16-13-21(9-10-22(16)26)29-15-19-14-17(4-12-24(19)28-2)3-11-23(27)18-5-7-20(25)8-6-18/h3-14H,15H2,1-2H3/b11-3+. The van der Waals surface area contributed by atoms with Crippen molar-refractivity contribution >= 4 is 35.1 Å². The normalized spacial score (nSPS) is 10.9. The van der Waals surface area contributed by atoms with Crippen LogP contribution in [0.1, 0.15) is 27.0 Å². The van der Waals surface area contributed by atoms with Gasteiger partial charge < -0.3 is 9.47 Å². The van der Waals surface area contributed by atoms with Crippen LogP contribution in [0.15, 0.2) is 66.7 Å². The SMILES string of the molecule is COc1ccc(/C=C/C(=O)c2ccc(Cl)cc2)cc1COc1ccc(Cl)c(C)c1. The Balaban J connectivity index is 1.74. The lowest BCUT2D eigenvalue weighted by atomic mass is 10.1. The van der Waals surface area contributed by atoms with E-state index in [1.165, 1.54) is 6.08 Å². The molecular formula is C24H20Cl2O3. The number of carbonyl (C=O) groups is 1. The first-order valence-corrected chi connectivity index (χ1v) is 9.75. The molecule has 0 aromatic heterocycles. The van der Waals surface area contributed by atoms with E-state index in [0.717, 1.165) is 28.2 Å².